The number of ether oxygens (including phenoxy) is 1. The molecule has 178 valence electrons. The SMILES string of the molecule is CN(C)[C@H]1C[C@@]23CC[C@@]4(O2)C(=CC[C@]2(C)C(c5ccncc5)=CCC24)C(O)C3(F)[C@@H](O)[C@@H]1O. The Balaban J connectivity index is 1.46. The Morgan fingerprint density at radius 3 is 2.55 bits per heavy atom. The average Bonchev–Trinajstić information content (AvgIpc) is 3.33. The number of allylic oxidation sites excluding steroid dienone is 3. The van der Waals surface area contributed by atoms with Gasteiger partial charge >= 0.3 is 0 Å². The first kappa shape index (κ1) is 21.9. The van der Waals surface area contributed by atoms with E-state index in [0.717, 1.165) is 12.0 Å². The molecule has 0 amide bonds. The van der Waals surface area contributed by atoms with E-state index in [0.29, 0.717) is 24.8 Å². The molecule has 3 heterocycles. The monoisotopic (exact) mass is 456 g/mol. The van der Waals surface area contributed by atoms with Crippen molar-refractivity contribution in [3.8, 4) is 0 Å². The molecule has 3 aliphatic carbocycles. The van der Waals surface area contributed by atoms with Crippen LogP contribution in [0.25, 0.3) is 5.57 Å². The predicted octanol–water partition coefficient (Wildman–Crippen LogP) is 2.25. The molecule has 3 unspecified atom stereocenters. The average molecular weight is 457 g/mol. The predicted molar refractivity (Wildman–Crippen MR) is 121 cm³/mol. The molecular weight excluding hydrogens is 423 g/mol. The number of aliphatic hydroxyl groups excluding tert-OH is 3. The first-order valence-corrected chi connectivity index (χ1v) is 12.0. The van der Waals surface area contributed by atoms with Crippen molar-refractivity contribution in [3.05, 3.63) is 47.8 Å². The van der Waals surface area contributed by atoms with E-state index in [9.17, 15) is 15.3 Å². The van der Waals surface area contributed by atoms with E-state index in [2.05, 4.69) is 18.0 Å². The standard InChI is InChI=1S/C26H33FN2O4/c1-23-9-6-17-21(31)26(27)22(32)20(30)18(29(2)3)14-24(26)10-11-25(17,33-24)19(23)5-4-16(23)15-7-12-28-13-8-15/h4,6-8,12-13,18-22,30-32H,5,9-11,14H2,1-3H3/t18-,19?,20+,21?,22-,23+,24+,25+,26?/m0/s1. The third kappa shape index (κ3) is 2.42. The van der Waals surface area contributed by atoms with Crippen molar-refractivity contribution in [2.24, 2.45) is 11.3 Å². The number of hydrogen-bond donors (Lipinski definition) is 3. The maximum Gasteiger partial charge on any atom is 0.197 e. The highest BCUT2D eigenvalue weighted by atomic mass is 19.1. The van der Waals surface area contributed by atoms with Gasteiger partial charge in [-0.1, -0.05) is 19.1 Å². The summed E-state index contributed by atoms with van der Waals surface area (Å²) in [5, 5.41) is 33.3. The zero-order valence-corrected chi connectivity index (χ0v) is 19.4. The van der Waals surface area contributed by atoms with E-state index in [1.54, 1.807) is 12.4 Å². The van der Waals surface area contributed by atoms with Gasteiger partial charge in [-0.2, -0.15) is 0 Å². The van der Waals surface area contributed by atoms with Gasteiger partial charge in [-0.3, -0.25) is 4.98 Å². The first-order chi connectivity index (χ1) is 15.6. The molecule has 1 saturated carbocycles. The van der Waals surface area contributed by atoms with Crippen LogP contribution in [0.1, 0.15) is 44.6 Å². The summed E-state index contributed by atoms with van der Waals surface area (Å²) < 4.78 is 23.7. The molecule has 6 nitrogen and oxygen atoms in total. The Morgan fingerprint density at radius 1 is 1.12 bits per heavy atom. The van der Waals surface area contributed by atoms with E-state index < -0.39 is 41.2 Å². The summed E-state index contributed by atoms with van der Waals surface area (Å²) in [7, 11) is 3.63. The largest absolute Gasteiger partial charge is 0.389 e. The van der Waals surface area contributed by atoms with Crippen molar-refractivity contribution in [3.63, 3.8) is 0 Å². The van der Waals surface area contributed by atoms with E-state index in [1.165, 1.54) is 5.57 Å². The van der Waals surface area contributed by atoms with Crippen molar-refractivity contribution < 1.29 is 24.4 Å². The molecule has 2 saturated heterocycles. The number of aliphatic hydroxyl groups is 3. The van der Waals surface area contributed by atoms with E-state index in [1.807, 2.05) is 37.2 Å². The maximum absolute atomic E-state index is 16.9. The number of halogens is 1. The van der Waals surface area contributed by atoms with E-state index in [-0.39, 0.29) is 17.8 Å². The summed E-state index contributed by atoms with van der Waals surface area (Å²) >= 11 is 0. The highest BCUT2D eigenvalue weighted by Gasteiger charge is 2.79. The minimum atomic E-state index is -2.45. The quantitative estimate of drug-likeness (QED) is 0.592. The Bertz CT molecular complexity index is 1050. The van der Waals surface area contributed by atoms with Crippen molar-refractivity contribution in [2.45, 2.75) is 80.3 Å². The van der Waals surface area contributed by atoms with E-state index in [4.69, 9.17) is 4.74 Å². The Hall–Kier alpha value is -1.64. The number of likely N-dealkylation sites (N-methyl/N-ethyl adjacent to an activating group) is 1. The van der Waals surface area contributed by atoms with Gasteiger partial charge in [0.2, 0.25) is 0 Å². The molecule has 3 N–H and O–H groups in total. The molecule has 7 heteroatoms. The second kappa shape index (κ2) is 6.73. The fraction of sp³-hybridized carbons (Fsp3) is 0.654. The minimum absolute atomic E-state index is 0.0635. The number of fused-ring (bicyclic) bond motifs is 1. The van der Waals surface area contributed by atoms with Crippen molar-refractivity contribution >= 4 is 5.57 Å². The third-order valence-electron chi connectivity index (χ3n) is 9.75. The third-order valence-corrected chi connectivity index (χ3v) is 9.75. The van der Waals surface area contributed by atoms with Crippen LogP contribution in [0.2, 0.25) is 0 Å². The lowest BCUT2D eigenvalue weighted by molar-refractivity contribution is -0.308. The van der Waals surface area contributed by atoms with Gasteiger partial charge in [-0.25, -0.2) is 4.39 Å². The Labute approximate surface area is 193 Å². The van der Waals surface area contributed by atoms with Gasteiger partial charge in [-0.15, -0.1) is 0 Å². The summed E-state index contributed by atoms with van der Waals surface area (Å²) in [5.74, 6) is 0.0635. The van der Waals surface area contributed by atoms with Crippen molar-refractivity contribution in [1.29, 1.82) is 0 Å². The van der Waals surface area contributed by atoms with Crippen LogP contribution < -0.4 is 0 Å². The highest BCUT2D eigenvalue weighted by molar-refractivity contribution is 5.74. The molecule has 2 spiro atoms. The Kier molecular flexibility index (Phi) is 4.46. The van der Waals surface area contributed by atoms with Crippen molar-refractivity contribution in [1.82, 2.24) is 9.88 Å². The van der Waals surface area contributed by atoms with Gasteiger partial charge in [0.25, 0.3) is 0 Å². The van der Waals surface area contributed by atoms with Gasteiger partial charge in [0, 0.05) is 29.8 Å². The molecule has 2 bridgehead atoms. The van der Waals surface area contributed by atoms with Crippen LogP contribution in [-0.2, 0) is 4.74 Å². The summed E-state index contributed by atoms with van der Waals surface area (Å²) in [4.78, 5) is 5.97. The molecule has 33 heavy (non-hydrogen) atoms. The molecule has 3 fully saturated rings. The lowest BCUT2D eigenvalue weighted by Gasteiger charge is -2.62. The maximum atomic E-state index is 16.9. The summed E-state index contributed by atoms with van der Waals surface area (Å²) in [5.41, 5.74) is -1.82. The summed E-state index contributed by atoms with van der Waals surface area (Å²) in [6.07, 6.45) is 5.97. The number of hydrogen-bond acceptors (Lipinski definition) is 6. The van der Waals surface area contributed by atoms with Gasteiger partial charge in [-0.05, 0) is 75.0 Å². The van der Waals surface area contributed by atoms with Crippen molar-refractivity contribution in [2.75, 3.05) is 14.1 Å². The molecule has 0 radical (unpaired) electrons. The summed E-state index contributed by atoms with van der Waals surface area (Å²) in [6.45, 7) is 2.25. The van der Waals surface area contributed by atoms with Crippen LogP contribution in [0.15, 0.2) is 42.3 Å². The molecule has 2 aliphatic heterocycles. The molecule has 1 aromatic rings. The van der Waals surface area contributed by atoms with Crippen LogP contribution in [0.3, 0.4) is 0 Å². The zero-order valence-electron chi connectivity index (χ0n) is 19.4. The Morgan fingerprint density at radius 2 is 1.85 bits per heavy atom. The fourth-order valence-corrected chi connectivity index (χ4v) is 8.06. The smallest absolute Gasteiger partial charge is 0.197 e. The van der Waals surface area contributed by atoms with Gasteiger partial charge in [0.05, 0.1) is 11.7 Å². The first-order valence-electron chi connectivity index (χ1n) is 12.0. The number of aromatic nitrogens is 1. The number of nitrogens with zero attached hydrogens (tertiary/aromatic N) is 2. The minimum Gasteiger partial charge on any atom is -0.389 e. The fourth-order valence-electron chi connectivity index (χ4n) is 8.06. The second-order valence-corrected chi connectivity index (χ2v) is 11.2. The second-order valence-electron chi connectivity index (χ2n) is 11.2. The van der Waals surface area contributed by atoms with Crippen LogP contribution in [0.4, 0.5) is 4.39 Å². The highest BCUT2D eigenvalue weighted by Crippen LogP contribution is 2.70. The molecule has 0 aromatic carbocycles. The van der Waals surface area contributed by atoms with Crippen LogP contribution in [0.5, 0.6) is 0 Å². The normalized spacial score (nSPS) is 50.4. The molecule has 5 aliphatic rings. The molecule has 1 aromatic heterocycles. The van der Waals surface area contributed by atoms with Gasteiger partial charge in [0.15, 0.2) is 5.67 Å². The molecule has 9 atom stereocenters. The molecular formula is C26H33FN2O4. The number of alkyl halides is 1. The molecule has 6 rings (SSSR count). The lowest BCUT2D eigenvalue weighted by atomic mass is 9.55. The van der Waals surface area contributed by atoms with Gasteiger partial charge < -0.3 is 25.0 Å². The lowest BCUT2D eigenvalue weighted by Crippen LogP contribution is -2.78. The topological polar surface area (TPSA) is 86.1 Å². The number of rotatable bonds is 2. The summed E-state index contributed by atoms with van der Waals surface area (Å²) in [6, 6.07) is 3.59. The zero-order chi connectivity index (χ0) is 23.4. The number of pyridine rings is 1. The van der Waals surface area contributed by atoms with Crippen LogP contribution >= 0.6 is 0 Å². The van der Waals surface area contributed by atoms with Crippen LogP contribution in [0, 0.1) is 11.3 Å². The van der Waals surface area contributed by atoms with Gasteiger partial charge in [0.1, 0.15) is 17.8 Å². The van der Waals surface area contributed by atoms with Crippen LogP contribution in [-0.4, -0.2) is 80.5 Å². The van der Waals surface area contributed by atoms with E-state index >= 15 is 4.39 Å².